The zero-order chi connectivity index (χ0) is 22.4. The largest absolute Gasteiger partial charge is 0.450 e. The number of aryl methyl sites for hydroxylation is 1. The molecule has 0 spiro atoms. The van der Waals surface area contributed by atoms with Crippen LogP contribution in [0.5, 0.6) is 0 Å². The Bertz CT molecular complexity index is 1030. The molecule has 0 atom stereocenters. The molecular weight excluding hydrogens is 443 g/mol. The van der Waals surface area contributed by atoms with E-state index in [9.17, 15) is 18.8 Å². The lowest BCUT2D eigenvalue weighted by Crippen LogP contribution is -2.51. The normalized spacial score (nSPS) is 14.9. The maximum absolute atomic E-state index is 13.5. The minimum absolute atomic E-state index is 0.0673. The van der Waals surface area contributed by atoms with E-state index in [1.165, 1.54) is 35.2 Å². The Morgan fingerprint density at radius 2 is 1.84 bits per heavy atom. The van der Waals surface area contributed by atoms with Crippen molar-refractivity contribution in [3.63, 3.8) is 0 Å². The van der Waals surface area contributed by atoms with Crippen molar-refractivity contribution in [2.45, 2.75) is 20.4 Å². The number of hydrogen-bond donors (Lipinski definition) is 0. The van der Waals surface area contributed by atoms with Crippen LogP contribution >= 0.6 is 23.1 Å². The summed E-state index contributed by atoms with van der Waals surface area (Å²) in [7, 11) is 0. The number of hydrogen-bond acceptors (Lipinski definition) is 6. The predicted octanol–water partition coefficient (Wildman–Crippen LogP) is 2.32. The standard InChI is InChI=1S/C20H25FN4O4S2/c1-3-25-15-6-5-14(21)11-16(15)31-19(25)22-17(26)12-30-13-18(27)23-7-9-24(10-8-23)20(28)29-4-2/h5-6,11H,3-4,7-10,12-13H2,1-2H3. The summed E-state index contributed by atoms with van der Waals surface area (Å²) in [6, 6.07) is 4.51. The number of halogens is 1. The van der Waals surface area contributed by atoms with Crippen LogP contribution in [0.2, 0.25) is 0 Å². The summed E-state index contributed by atoms with van der Waals surface area (Å²) in [6.07, 6.45) is -0.357. The maximum Gasteiger partial charge on any atom is 0.409 e. The Balaban J connectivity index is 1.51. The third kappa shape index (κ3) is 5.85. The summed E-state index contributed by atoms with van der Waals surface area (Å²) in [5, 5.41) is 0. The number of piperazine rings is 1. The number of carbonyl (C=O) groups is 3. The van der Waals surface area contributed by atoms with Crippen LogP contribution in [-0.2, 0) is 20.9 Å². The fourth-order valence-electron chi connectivity index (χ4n) is 3.25. The Hall–Kier alpha value is -2.40. The van der Waals surface area contributed by atoms with Crippen molar-refractivity contribution < 1.29 is 23.5 Å². The Labute approximate surface area is 187 Å². The van der Waals surface area contributed by atoms with Crippen LogP contribution in [0, 0.1) is 5.82 Å². The van der Waals surface area contributed by atoms with Gasteiger partial charge in [-0.05, 0) is 32.0 Å². The second kappa shape index (κ2) is 10.8. The zero-order valence-corrected chi connectivity index (χ0v) is 19.1. The van der Waals surface area contributed by atoms with Gasteiger partial charge in [0, 0.05) is 32.7 Å². The van der Waals surface area contributed by atoms with Crippen LogP contribution in [0.15, 0.2) is 23.2 Å². The van der Waals surface area contributed by atoms with Crippen molar-refractivity contribution in [2.24, 2.45) is 4.99 Å². The van der Waals surface area contributed by atoms with Gasteiger partial charge in [0.2, 0.25) is 5.91 Å². The van der Waals surface area contributed by atoms with Gasteiger partial charge < -0.3 is 19.1 Å². The van der Waals surface area contributed by atoms with Gasteiger partial charge in [-0.2, -0.15) is 4.99 Å². The van der Waals surface area contributed by atoms with Crippen LogP contribution in [0.3, 0.4) is 0 Å². The van der Waals surface area contributed by atoms with E-state index in [1.807, 2.05) is 11.5 Å². The van der Waals surface area contributed by atoms with E-state index < -0.39 is 0 Å². The first kappa shape index (κ1) is 23.3. The van der Waals surface area contributed by atoms with E-state index in [-0.39, 0.29) is 35.2 Å². The highest BCUT2D eigenvalue weighted by Crippen LogP contribution is 2.18. The average Bonchev–Trinajstić information content (AvgIpc) is 3.09. The number of thiazole rings is 1. The molecule has 1 aromatic heterocycles. The van der Waals surface area contributed by atoms with Gasteiger partial charge in [-0.3, -0.25) is 9.59 Å². The van der Waals surface area contributed by atoms with Gasteiger partial charge in [0.1, 0.15) is 5.82 Å². The van der Waals surface area contributed by atoms with E-state index in [4.69, 9.17) is 4.74 Å². The molecule has 11 heteroatoms. The van der Waals surface area contributed by atoms with Gasteiger partial charge >= 0.3 is 6.09 Å². The molecular formula is C20H25FN4O4S2. The first-order chi connectivity index (χ1) is 14.9. The quantitative estimate of drug-likeness (QED) is 0.650. The number of benzene rings is 1. The number of aromatic nitrogens is 1. The van der Waals surface area contributed by atoms with Gasteiger partial charge in [-0.1, -0.05) is 11.3 Å². The molecule has 0 saturated carbocycles. The summed E-state index contributed by atoms with van der Waals surface area (Å²) in [5.74, 6) is -0.471. The van der Waals surface area contributed by atoms with Gasteiger partial charge in [0.15, 0.2) is 4.80 Å². The molecule has 1 aromatic carbocycles. The molecule has 0 bridgehead atoms. The SMILES string of the molecule is CCOC(=O)N1CCN(C(=O)CSCC(=O)N=c2sc3cc(F)ccc3n2CC)CC1. The van der Waals surface area contributed by atoms with E-state index in [1.54, 1.807) is 22.8 Å². The second-order valence-electron chi connectivity index (χ2n) is 6.81. The molecule has 8 nitrogen and oxygen atoms in total. The summed E-state index contributed by atoms with van der Waals surface area (Å²) in [5.41, 5.74) is 0.838. The lowest BCUT2D eigenvalue weighted by Gasteiger charge is -2.34. The maximum atomic E-state index is 13.5. The monoisotopic (exact) mass is 468 g/mol. The smallest absolute Gasteiger partial charge is 0.409 e. The van der Waals surface area contributed by atoms with Crippen LogP contribution in [0.1, 0.15) is 13.8 Å². The highest BCUT2D eigenvalue weighted by molar-refractivity contribution is 8.00. The minimum Gasteiger partial charge on any atom is -0.450 e. The van der Waals surface area contributed by atoms with E-state index in [2.05, 4.69) is 4.99 Å². The minimum atomic E-state index is -0.357. The highest BCUT2D eigenvalue weighted by atomic mass is 32.2. The molecule has 3 amide bonds. The molecule has 2 aromatic rings. The third-order valence-electron chi connectivity index (χ3n) is 4.79. The van der Waals surface area contributed by atoms with Crippen molar-refractivity contribution in [1.82, 2.24) is 14.4 Å². The molecule has 1 fully saturated rings. The molecule has 3 rings (SSSR count). The summed E-state index contributed by atoms with van der Waals surface area (Å²) in [4.78, 5) is 44.4. The van der Waals surface area contributed by atoms with Crippen molar-refractivity contribution in [1.29, 1.82) is 0 Å². The lowest BCUT2D eigenvalue weighted by molar-refractivity contribution is -0.129. The number of amides is 3. The second-order valence-corrected chi connectivity index (χ2v) is 8.80. The van der Waals surface area contributed by atoms with Gasteiger partial charge in [0.25, 0.3) is 5.91 Å². The van der Waals surface area contributed by atoms with Gasteiger partial charge in [-0.25, -0.2) is 9.18 Å². The average molecular weight is 469 g/mol. The molecule has 0 unspecified atom stereocenters. The third-order valence-corrected chi connectivity index (χ3v) is 6.73. The molecule has 0 aliphatic carbocycles. The summed E-state index contributed by atoms with van der Waals surface area (Å²) < 4.78 is 21.0. The molecule has 168 valence electrons. The Kier molecular flexibility index (Phi) is 8.08. The highest BCUT2D eigenvalue weighted by Gasteiger charge is 2.24. The predicted molar refractivity (Wildman–Crippen MR) is 119 cm³/mol. The fourth-order valence-corrected chi connectivity index (χ4v) is 5.08. The van der Waals surface area contributed by atoms with Crippen LogP contribution in [-0.4, -0.2) is 76.6 Å². The van der Waals surface area contributed by atoms with Crippen molar-refractivity contribution in [3.05, 3.63) is 28.8 Å². The van der Waals surface area contributed by atoms with Crippen LogP contribution < -0.4 is 4.80 Å². The van der Waals surface area contributed by atoms with E-state index in [0.29, 0.717) is 44.1 Å². The van der Waals surface area contributed by atoms with Crippen molar-refractivity contribution >= 4 is 51.2 Å². The summed E-state index contributed by atoms with van der Waals surface area (Å²) >= 11 is 2.48. The molecule has 31 heavy (non-hydrogen) atoms. The molecule has 1 aliphatic rings. The number of fused-ring (bicyclic) bond motifs is 1. The van der Waals surface area contributed by atoms with Crippen LogP contribution in [0.4, 0.5) is 9.18 Å². The Morgan fingerprint density at radius 1 is 1.13 bits per heavy atom. The van der Waals surface area contributed by atoms with E-state index >= 15 is 0 Å². The number of carbonyl (C=O) groups excluding carboxylic acids is 3. The first-order valence-electron chi connectivity index (χ1n) is 10.1. The van der Waals surface area contributed by atoms with Gasteiger partial charge in [0.05, 0.1) is 28.3 Å². The van der Waals surface area contributed by atoms with Crippen molar-refractivity contribution in [3.8, 4) is 0 Å². The number of thioether (sulfide) groups is 1. The van der Waals surface area contributed by atoms with E-state index in [0.717, 1.165) is 10.2 Å². The number of nitrogens with zero attached hydrogens (tertiary/aromatic N) is 4. The number of ether oxygens (including phenoxy) is 1. The molecule has 0 N–H and O–H groups in total. The first-order valence-corrected chi connectivity index (χ1v) is 12.0. The van der Waals surface area contributed by atoms with Crippen molar-refractivity contribution in [2.75, 3.05) is 44.3 Å². The lowest BCUT2D eigenvalue weighted by atomic mass is 10.3. The fraction of sp³-hybridized carbons (Fsp3) is 0.500. The number of rotatable bonds is 6. The summed E-state index contributed by atoms with van der Waals surface area (Å²) in [6.45, 7) is 6.40. The van der Waals surface area contributed by atoms with Gasteiger partial charge in [-0.15, -0.1) is 11.8 Å². The molecule has 0 radical (unpaired) electrons. The zero-order valence-electron chi connectivity index (χ0n) is 17.5. The molecule has 1 saturated heterocycles. The molecule has 1 aliphatic heterocycles. The topological polar surface area (TPSA) is 84.2 Å². The Morgan fingerprint density at radius 3 is 2.52 bits per heavy atom. The van der Waals surface area contributed by atoms with Crippen LogP contribution in [0.25, 0.3) is 10.2 Å². The molecule has 2 heterocycles.